The molecule has 0 amide bonds. The van der Waals surface area contributed by atoms with Crippen molar-refractivity contribution >= 4 is 17.7 Å². The Hall–Kier alpha value is -0.880. The maximum absolute atomic E-state index is 11.3. The van der Waals surface area contributed by atoms with Crippen LogP contribution in [-0.4, -0.2) is 16.5 Å². The Morgan fingerprint density at radius 1 is 1.31 bits per heavy atom. The van der Waals surface area contributed by atoms with Crippen molar-refractivity contribution in [2.75, 3.05) is 6.54 Å². The average Bonchev–Trinajstić information content (AvgIpc) is 2.02. The van der Waals surface area contributed by atoms with E-state index in [0.717, 1.165) is 0 Å². The van der Waals surface area contributed by atoms with E-state index in [1.54, 1.807) is 24.3 Å². The van der Waals surface area contributed by atoms with Crippen molar-refractivity contribution < 1.29 is 9.01 Å². The summed E-state index contributed by atoms with van der Waals surface area (Å²) >= 11 is 0.623. The quantitative estimate of drug-likeness (QED) is 0.360. The largest absolute Gasteiger partial charge is 0.618 e. The third-order valence-corrected chi connectivity index (χ3v) is 2.72. The molecule has 13 heavy (non-hydrogen) atoms. The lowest BCUT2D eigenvalue weighted by molar-refractivity contribution is -0.672. The van der Waals surface area contributed by atoms with E-state index in [-0.39, 0.29) is 5.78 Å². The van der Waals surface area contributed by atoms with Gasteiger partial charge in [-0.15, -0.1) is 0 Å². The average molecular weight is 196 g/mol. The van der Waals surface area contributed by atoms with Crippen LogP contribution in [0.2, 0.25) is 0 Å². The molecule has 0 unspecified atom stereocenters. The highest BCUT2D eigenvalue weighted by Crippen LogP contribution is 2.36. The summed E-state index contributed by atoms with van der Waals surface area (Å²) < 4.78 is -1.81. The molecule has 1 aromatic rings. The molecule has 68 valence electrons. The molecule has 0 saturated carbocycles. The van der Waals surface area contributed by atoms with Gasteiger partial charge in [0.2, 0.25) is 5.78 Å². The number of carbonyl (C=O) groups is 1. The van der Waals surface area contributed by atoms with Crippen LogP contribution in [0.4, 0.5) is 0 Å². The molecule has 0 saturated heterocycles. The van der Waals surface area contributed by atoms with E-state index in [1.165, 1.54) is 0 Å². The number of hydrogen-bond acceptors (Lipinski definition) is 4. The molecule has 1 aromatic carbocycles. The van der Waals surface area contributed by atoms with Crippen LogP contribution in [0.15, 0.2) is 29.2 Å². The van der Waals surface area contributed by atoms with Crippen molar-refractivity contribution in [3.8, 4) is 0 Å². The molecule has 0 spiro atoms. The molecule has 0 N–H and O–H groups in total. The summed E-state index contributed by atoms with van der Waals surface area (Å²) in [4.78, 5) is 11.7. The van der Waals surface area contributed by atoms with Gasteiger partial charge in [-0.2, -0.15) is 0 Å². The van der Waals surface area contributed by atoms with Crippen LogP contribution in [-0.2, 0) is 0 Å². The van der Waals surface area contributed by atoms with Crippen LogP contribution in [0.3, 0.4) is 0 Å². The topological polar surface area (TPSA) is 63.2 Å². The zero-order chi connectivity index (χ0) is 9.47. The maximum Gasteiger partial charge on any atom is 0.219 e. The molecule has 1 aliphatic rings. The van der Waals surface area contributed by atoms with E-state index >= 15 is 0 Å². The van der Waals surface area contributed by atoms with Gasteiger partial charge < -0.3 is 14.6 Å². The molecule has 1 aliphatic heterocycles. The fourth-order valence-corrected chi connectivity index (χ4v) is 2.12. The number of hydrogen-bond donors (Lipinski definition) is 0. The normalized spacial score (nSPS) is 19.7. The number of rotatable bonds is 0. The van der Waals surface area contributed by atoms with Gasteiger partial charge in [-0.25, -0.2) is 0 Å². The predicted octanol–water partition coefficient (Wildman–Crippen LogP) is 1.70. The molecule has 0 atom stereocenters. The van der Waals surface area contributed by atoms with E-state index in [1.807, 2.05) is 0 Å². The van der Waals surface area contributed by atoms with Gasteiger partial charge in [0.05, 0.1) is 4.90 Å². The van der Waals surface area contributed by atoms with Gasteiger partial charge in [0.15, 0.2) is 6.54 Å². The number of quaternary nitrogens is 1. The van der Waals surface area contributed by atoms with Crippen LogP contribution in [0.1, 0.15) is 10.4 Å². The maximum atomic E-state index is 11.3. The minimum absolute atomic E-state index is 0.376. The second-order valence-corrected chi connectivity index (χ2v) is 3.96. The molecule has 0 fully saturated rings. The number of carbonyl (C=O) groups excluding carboxylic acids is 1. The fourth-order valence-electron chi connectivity index (χ4n) is 1.22. The lowest BCUT2D eigenvalue weighted by Crippen LogP contribution is -2.36. The Bertz CT molecular complexity index is 364. The Labute approximate surface area is 79.0 Å². The lowest BCUT2D eigenvalue weighted by atomic mass is 10.1. The summed E-state index contributed by atoms with van der Waals surface area (Å²) in [5, 5.41) is 22.0. The second kappa shape index (κ2) is 2.81. The summed E-state index contributed by atoms with van der Waals surface area (Å²) in [6.07, 6.45) is 0. The first-order valence-corrected chi connectivity index (χ1v) is 4.48. The van der Waals surface area contributed by atoms with Gasteiger partial charge in [0.1, 0.15) is 11.9 Å². The summed E-state index contributed by atoms with van der Waals surface area (Å²) in [5.41, 5.74) is 0.480. The van der Waals surface area contributed by atoms with Crippen molar-refractivity contribution in [3.05, 3.63) is 40.2 Å². The van der Waals surface area contributed by atoms with E-state index in [4.69, 9.17) is 0 Å². The summed E-state index contributed by atoms with van der Waals surface area (Å²) in [6.45, 7) is -0.526. The highest BCUT2D eigenvalue weighted by molar-refractivity contribution is 7.94. The number of Topliss-reactive ketones (excluding diaryl/α,β-unsaturated/α-hetero) is 1. The van der Waals surface area contributed by atoms with Gasteiger partial charge in [-0.05, 0) is 12.1 Å². The summed E-state index contributed by atoms with van der Waals surface area (Å²) in [5.74, 6) is -0.376. The number of nitrogens with zero attached hydrogens (tertiary/aromatic N) is 1. The Morgan fingerprint density at radius 2 is 2.00 bits per heavy atom. The molecule has 4 nitrogen and oxygen atoms in total. The first kappa shape index (κ1) is 8.71. The zero-order valence-corrected chi connectivity index (χ0v) is 7.41. The van der Waals surface area contributed by atoms with Crippen molar-refractivity contribution in [2.24, 2.45) is 0 Å². The predicted molar refractivity (Wildman–Crippen MR) is 48.5 cm³/mol. The van der Waals surface area contributed by atoms with Crippen molar-refractivity contribution in [1.82, 2.24) is 0 Å². The highest BCUT2D eigenvalue weighted by Gasteiger charge is 2.27. The van der Waals surface area contributed by atoms with Gasteiger partial charge in [0.25, 0.3) is 0 Å². The van der Waals surface area contributed by atoms with Crippen LogP contribution in [0.5, 0.6) is 0 Å². The second-order valence-electron chi connectivity index (χ2n) is 2.78. The van der Waals surface area contributed by atoms with Crippen LogP contribution in [0, 0.1) is 10.4 Å². The van der Waals surface area contributed by atoms with E-state index in [9.17, 15) is 15.2 Å². The number of fused-ring (bicyclic) bond motifs is 1. The molecule has 0 bridgehead atoms. The van der Waals surface area contributed by atoms with Gasteiger partial charge >= 0.3 is 0 Å². The van der Waals surface area contributed by atoms with E-state index in [2.05, 4.69) is 0 Å². The van der Waals surface area contributed by atoms with Gasteiger partial charge in [0, 0.05) is 5.56 Å². The Balaban J connectivity index is 2.49. The molecule has 0 aliphatic carbocycles. The lowest BCUT2D eigenvalue weighted by Gasteiger charge is -2.45. The third kappa shape index (κ3) is 1.59. The van der Waals surface area contributed by atoms with Gasteiger partial charge in [-0.1, -0.05) is 12.1 Å². The minimum Gasteiger partial charge on any atom is -0.618 e. The van der Waals surface area contributed by atoms with Crippen molar-refractivity contribution in [3.63, 3.8) is 0 Å². The zero-order valence-electron chi connectivity index (χ0n) is 6.60. The Morgan fingerprint density at radius 3 is 2.77 bits per heavy atom. The first-order chi connectivity index (χ1) is 6.08. The highest BCUT2D eigenvalue weighted by atomic mass is 32.2. The van der Waals surface area contributed by atoms with Crippen LogP contribution < -0.4 is 0 Å². The Kier molecular flexibility index (Phi) is 1.88. The molecule has 0 radical (unpaired) electrons. The van der Waals surface area contributed by atoms with Crippen LogP contribution >= 0.6 is 11.9 Å². The van der Waals surface area contributed by atoms with Crippen molar-refractivity contribution in [2.45, 2.75) is 4.90 Å². The molecule has 1 heterocycles. The standard InChI is InChI=1S/C8H6NO3S/c10-7-5-9(11,12)13-8-4-2-1-3-6(7)8/h1-4H,5H2/q-1. The SMILES string of the molecule is O=C1C[N+]([O-])([O-])Sc2ccccc21. The fraction of sp³-hybridized carbons (Fsp3) is 0.125. The number of benzene rings is 1. The smallest absolute Gasteiger partial charge is 0.219 e. The molecular formula is C8H6NO3S-. The molecule has 2 rings (SSSR count). The van der Waals surface area contributed by atoms with Gasteiger partial charge in [-0.3, -0.25) is 4.79 Å². The molecular weight excluding hydrogens is 190 g/mol. The van der Waals surface area contributed by atoms with Crippen molar-refractivity contribution in [1.29, 1.82) is 0 Å². The first-order valence-electron chi connectivity index (χ1n) is 3.70. The minimum atomic E-state index is -1.81. The number of ketones is 1. The molecule has 5 heteroatoms. The summed E-state index contributed by atoms with van der Waals surface area (Å²) in [6, 6.07) is 6.65. The van der Waals surface area contributed by atoms with E-state index in [0.29, 0.717) is 22.4 Å². The van der Waals surface area contributed by atoms with E-state index < -0.39 is 10.8 Å². The molecule has 0 aromatic heterocycles. The monoisotopic (exact) mass is 196 g/mol. The third-order valence-electron chi connectivity index (χ3n) is 1.76. The van der Waals surface area contributed by atoms with Crippen LogP contribution in [0.25, 0.3) is 0 Å². The summed E-state index contributed by atoms with van der Waals surface area (Å²) in [7, 11) is 0. The number of hydroxylamine groups is 2.